The summed E-state index contributed by atoms with van der Waals surface area (Å²) in [6.07, 6.45) is -0.402. The number of aliphatic carboxylic acids is 2. The van der Waals surface area contributed by atoms with Crippen LogP contribution in [0.15, 0.2) is 0 Å². The van der Waals surface area contributed by atoms with Gasteiger partial charge < -0.3 is 31.9 Å². The van der Waals surface area contributed by atoms with Crippen LogP contribution in [0, 0.1) is 5.92 Å². The van der Waals surface area contributed by atoms with Crippen molar-refractivity contribution in [3.8, 4) is 0 Å². The lowest BCUT2D eigenvalue weighted by Crippen LogP contribution is -2.59. The van der Waals surface area contributed by atoms with E-state index in [1.54, 1.807) is 13.8 Å². The van der Waals surface area contributed by atoms with Crippen LogP contribution in [-0.2, 0) is 24.0 Å². The monoisotopic (exact) mass is 452 g/mol. The van der Waals surface area contributed by atoms with Crippen LogP contribution in [0.25, 0.3) is 0 Å². The Balaban J connectivity index is 5.05. The van der Waals surface area contributed by atoms with E-state index in [0.29, 0.717) is 0 Å². The van der Waals surface area contributed by atoms with Gasteiger partial charge in [0.25, 0.3) is 0 Å². The van der Waals surface area contributed by atoms with Crippen molar-refractivity contribution < 1.29 is 34.2 Å². The first-order chi connectivity index (χ1) is 13.4. The Kier molecular flexibility index (Phi) is 12.4. The third-order valence-corrected chi connectivity index (χ3v) is 4.60. The average molecular weight is 453 g/mol. The van der Waals surface area contributed by atoms with Gasteiger partial charge in [0.05, 0.1) is 6.04 Å². The zero-order chi connectivity index (χ0) is 22.7. The van der Waals surface area contributed by atoms with Crippen molar-refractivity contribution in [3.05, 3.63) is 0 Å². The number of carboxylic acid groups (broad SMARTS) is 2. The molecular formula is C16H28N4O7S2. The maximum Gasteiger partial charge on any atom is 0.327 e. The molecule has 0 heterocycles. The summed E-state index contributed by atoms with van der Waals surface area (Å²) in [5.41, 5.74) is 5.64. The number of rotatable bonds is 13. The van der Waals surface area contributed by atoms with Gasteiger partial charge in [0.2, 0.25) is 17.7 Å². The van der Waals surface area contributed by atoms with Gasteiger partial charge in [0, 0.05) is 17.9 Å². The summed E-state index contributed by atoms with van der Waals surface area (Å²) < 4.78 is 0. The minimum Gasteiger partial charge on any atom is -0.481 e. The van der Waals surface area contributed by atoms with E-state index >= 15 is 0 Å². The molecular weight excluding hydrogens is 424 g/mol. The molecule has 3 amide bonds. The fourth-order valence-corrected chi connectivity index (χ4v) is 2.62. The molecule has 7 N–H and O–H groups in total. The van der Waals surface area contributed by atoms with Crippen LogP contribution in [0.3, 0.4) is 0 Å². The summed E-state index contributed by atoms with van der Waals surface area (Å²) in [5.74, 6) is -5.17. The smallest absolute Gasteiger partial charge is 0.327 e. The van der Waals surface area contributed by atoms with Crippen molar-refractivity contribution in [1.82, 2.24) is 16.0 Å². The van der Waals surface area contributed by atoms with Crippen LogP contribution in [-0.4, -0.2) is 75.5 Å². The number of nitrogens with one attached hydrogen (secondary N) is 3. The molecule has 166 valence electrons. The number of carbonyl (C=O) groups excluding carboxylic acids is 3. The van der Waals surface area contributed by atoms with E-state index in [1.807, 2.05) is 0 Å². The van der Waals surface area contributed by atoms with E-state index < -0.39 is 53.8 Å². The summed E-state index contributed by atoms with van der Waals surface area (Å²) >= 11 is 7.84. The van der Waals surface area contributed by atoms with Crippen LogP contribution < -0.4 is 21.7 Å². The van der Waals surface area contributed by atoms with Crippen LogP contribution in [0.2, 0.25) is 0 Å². The number of amides is 3. The fraction of sp³-hybridized carbons (Fsp3) is 0.688. The Morgan fingerprint density at radius 1 is 0.862 bits per heavy atom. The predicted octanol–water partition coefficient (Wildman–Crippen LogP) is -1.77. The lowest BCUT2D eigenvalue weighted by molar-refractivity contribution is -0.141. The molecule has 0 aromatic carbocycles. The largest absolute Gasteiger partial charge is 0.481 e. The summed E-state index contributed by atoms with van der Waals surface area (Å²) in [5, 5.41) is 24.7. The number of hydrogen-bond acceptors (Lipinski definition) is 8. The summed E-state index contributed by atoms with van der Waals surface area (Å²) in [4.78, 5) is 58.5. The molecule has 0 radical (unpaired) electrons. The Labute approximate surface area is 179 Å². The summed E-state index contributed by atoms with van der Waals surface area (Å²) in [6, 6.07) is -4.55. The molecule has 0 saturated heterocycles. The van der Waals surface area contributed by atoms with Crippen LogP contribution >= 0.6 is 25.3 Å². The van der Waals surface area contributed by atoms with Crippen molar-refractivity contribution in [3.63, 3.8) is 0 Å². The van der Waals surface area contributed by atoms with Gasteiger partial charge in [-0.3, -0.25) is 19.2 Å². The van der Waals surface area contributed by atoms with Gasteiger partial charge in [0.1, 0.15) is 18.1 Å². The zero-order valence-corrected chi connectivity index (χ0v) is 17.9. The first-order valence-electron chi connectivity index (χ1n) is 8.77. The van der Waals surface area contributed by atoms with E-state index in [4.69, 9.17) is 15.9 Å². The van der Waals surface area contributed by atoms with Crippen molar-refractivity contribution in [1.29, 1.82) is 0 Å². The minimum atomic E-state index is -1.28. The molecule has 0 aliphatic carbocycles. The highest BCUT2D eigenvalue weighted by atomic mass is 32.1. The second-order valence-corrected chi connectivity index (χ2v) is 7.33. The number of carbonyl (C=O) groups is 5. The first-order valence-corrected chi connectivity index (χ1v) is 10.0. The first kappa shape index (κ1) is 27.0. The zero-order valence-electron chi connectivity index (χ0n) is 16.1. The van der Waals surface area contributed by atoms with E-state index in [0.717, 1.165) is 0 Å². The Morgan fingerprint density at radius 3 is 1.79 bits per heavy atom. The highest BCUT2D eigenvalue weighted by molar-refractivity contribution is 7.80. The van der Waals surface area contributed by atoms with Gasteiger partial charge in [0.15, 0.2) is 0 Å². The summed E-state index contributed by atoms with van der Waals surface area (Å²) in [7, 11) is 0. The number of nitrogens with two attached hydrogens (primary N) is 1. The Morgan fingerprint density at radius 2 is 1.38 bits per heavy atom. The topological polar surface area (TPSA) is 188 Å². The van der Waals surface area contributed by atoms with Gasteiger partial charge in [-0.1, -0.05) is 13.8 Å². The van der Waals surface area contributed by atoms with Crippen molar-refractivity contribution in [2.45, 2.75) is 50.9 Å². The van der Waals surface area contributed by atoms with E-state index in [-0.39, 0.29) is 30.3 Å². The molecule has 0 bridgehead atoms. The molecule has 0 spiro atoms. The van der Waals surface area contributed by atoms with Crippen LogP contribution in [0.4, 0.5) is 0 Å². The van der Waals surface area contributed by atoms with Crippen molar-refractivity contribution in [2.24, 2.45) is 11.7 Å². The molecule has 0 aromatic rings. The highest BCUT2D eigenvalue weighted by Crippen LogP contribution is 2.05. The van der Waals surface area contributed by atoms with Crippen molar-refractivity contribution in [2.75, 3.05) is 11.5 Å². The molecule has 0 aromatic heterocycles. The molecule has 0 aliphatic heterocycles. The molecule has 29 heavy (non-hydrogen) atoms. The molecule has 0 saturated carbocycles. The Hall–Kier alpha value is -1.99. The predicted molar refractivity (Wildman–Crippen MR) is 111 cm³/mol. The van der Waals surface area contributed by atoms with Gasteiger partial charge in [-0.05, 0) is 12.3 Å². The molecule has 4 atom stereocenters. The van der Waals surface area contributed by atoms with E-state index in [9.17, 15) is 24.0 Å². The van der Waals surface area contributed by atoms with Gasteiger partial charge in [-0.15, -0.1) is 0 Å². The third kappa shape index (κ3) is 9.85. The normalized spacial score (nSPS) is 15.0. The molecule has 0 aliphatic rings. The lowest BCUT2D eigenvalue weighted by atomic mass is 10.0. The van der Waals surface area contributed by atoms with Gasteiger partial charge >= 0.3 is 11.9 Å². The highest BCUT2D eigenvalue weighted by Gasteiger charge is 2.31. The van der Waals surface area contributed by atoms with Gasteiger partial charge in [-0.25, -0.2) is 4.79 Å². The molecule has 4 unspecified atom stereocenters. The summed E-state index contributed by atoms with van der Waals surface area (Å²) in [6.45, 7) is 3.31. The van der Waals surface area contributed by atoms with Crippen LogP contribution in [0.1, 0.15) is 26.7 Å². The molecule has 0 fully saturated rings. The Bertz CT molecular complexity index is 618. The van der Waals surface area contributed by atoms with Crippen LogP contribution in [0.5, 0.6) is 0 Å². The van der Waals surface area contributed by atoms with E-state index in [1.165, 1.54) is 0 Å². The van der Waals surface area contributed by atoms with E-state index in [2.05, 4.69) is 41.2 Å². The maximum absolute atomic E-state index is 12.6. The minimum absolute atomic E-state index is 0.102. The molecule has 11 nitrogen and oxygen atoms in total. The second-order valence-electron chi connectivity index (χ2n) is 6.59. The lowest BCUT2D eigenvalue weighted by Gasteiger charge is -2.26. The molecule has 13 heteroatoms. The fourth-order valence-electron chi connectivity index (χ4n) is 2.12. The average Bonchev–Trinajstić information content (AvgIpc) is 2.64. The second kappa shape index (κ2) is 13.3. The number of hydrogen-bond donors (Lipinski definition) is 8. The van der Waals surface area contributed by atoms with Gasteiger partial charge in [-0.2, -0.15) is 25.3 Å². The SMILES string of the molecule is CC(C)C(NC(=O)C(N)CCC(=O)O)C(=O)NC(CS)C(=O)NC(CS)C(=O)O. The third-order valence-electron chi connectivity index (χ3n) is 3.87. The quantitative estimate of drug-likeness (QED) is 0.151. The standard InChI is InChI=1S/C16H28N4O7S2/c1-7(2)12(20-13(23)8(17)3-4-11(21)22)15(25)18-9(5-28)14(24)19-10(6-29)16(26)27/h7-10,12,28-29H,3-6,17H2,1-2H3,(H,18,25)(H,19,24)(H,20,23)(H,21,22)(H,26,27). The van der Waals surface area contributed by atoms with Crippen molar-refractivity contribution >= 4 is 54.9 Å². The maximum atomic E-state index is 12.6. The molecule has 0 rings (SSSR count). The number of thiol groups is 2. The number of carboxylic acids is 2.